The van der Waals surface area contributed by atoms with Crippen LogP contribution in [0.4, 0.5) is 0 Å². The Morgan fingerprint density at radius 2 is 2.30 bits per heavy atom. The molecule has 108 valence electrons. The highest BCUT2D eigenvalue weighted by Gasteiger charge is 2.25. The number of nitrogens with one attached hydrogen (secondary N) is 2. The molecule has 0 spiro atoms. The molecule has 20 heavy (non-hydrogen) atoms. The minimum absolute atomic E-state index is 0.0136. The van der Waals surface area contributed by atoms with Crippen molar-refractivity contribution in [3.8, 4) is 5.75 Å². The van der Waals surface area contributed by atoms with Gasteiger partial charge in [-0.2, -0.15) is 0 Å². The Bertz CT molecular complexity index is 492. The summed E-state index contributed by atoms with van der Waals surface area (Å²) in [6.45, 7) is 2.36. The maximum absolute atomic E-state index is 12.1. The molecule has 5 heteroatoms. The highest BCUT2D eigenvalue weighted by atomic mass is 16.5. The van der Waals surface area contributed by atoms with Crippen molar-refractivity contribution in [2.45, 2.75) is 25.8 Å². The number of methoxy groups -OCH3 is 1. The number of ether oxygens (including phenoxy) is 1. The Balaban J connectivity index is 1.94. The van der Waals surface area contributed by atoms with Gasteiger partial charge in [-0.05, 0) is 31.0 Å². The molecule has 2 unspecified atom stereocenters. The van der Waals surface area contributed by atoms with Crippen molar-refractivity contribution in [1.82, 2.24) is 10.6 Å². The van der Waals surface area contributed by atoms with Crippen LogP contribution in [0.15, 0.2) is 24.3 Å². The fourth-order valence-corrected chi connectivity index (χ4v) is 2.28. The van der Waals surface area contributed by atoms with Gasteiger partial charge < -0.3 is 15.4 Å². The monoisotopic (exact) mass is 276 g/mol. The molecular formula is C15H20N2O3. The summed E-state index contributed by atoms with van der Waals surface area (Å²) in [5.41, 5.74) is 0.998. The molecule has 5 nitrogen and oxygen atoms in total. The third-order valence-corrected chi connectivity index (χ3v) is 3.59. The molecule has 0 saturated carbocycles. The van der Waals surface area contributed by atoms with Gasteiger partial charge in [0.1, 0.15) is 5.75 Å². The lowest BCUT2D eigenvalue weighted by Gasteiger charge is -2.24. The lowest BCUT2D eigenvalue weighted by molar-refractivity contribution is -0.129. The first-order chi connectivity index (χ1) is 9.60. The molecule has 0 radical (unpaired) electrons. The second kappa shape index (κ2) is 6.41. The summed E-state index contributed by atoms with van der Waals surface area (Å²) in [5, 5.41) is 5.71. The van der Waals surface area contributed by atoms with Crippen molar-refractivity contribution in [2.24, 2.45) is 5.92 Å². The average Bonchev–Trinajstić information content (AvgIpc) is 2.47. The number of hydrogen-bond acceptors (Lipinski definition) is 3. The topological polar surface area (TPSA) is 67.4 Å². The van der Waals surface area contributed by atoms with E-state index in [2.05, 4.69) is 10.6 Å². The third kappa shape index (κ3) is 3.50. The molecule has 0 aliphatic carbocycles. The minimum atomic E-state index is -0.138. The van der Waals surface area contributed by atoms with E-state index in [0.717, 1.165) is 11.3 Å². The van der Waals surface area contributed by atoms with Gasteiger partial charge in [0.25, 0.3) is 0 Å². The third-order valence-electron chi connectivity index (χ3n) is 3.59. The lowest BCUT2D eigenvalue weighted by Crippen LogP contribution is -2.43. The second-order valence-electron chi connectivity index (χ2n) is 5.05. The summed E-state index contributed by atoms with van der Waals surface area (Å²) >= 11 is 0. The van der Waals surface area contributed by atoms with E-state index < -0.39 is 0 Å². The van der Waals surface area contributed by atoms with E-state index in [-0.39, 0.29) is 23.8 Å². The largest absolute Gasteiger partial charge is 0.497 e. The highest BCUT2D eigenvalue weighted by molar-refractivity contribution is 5.83. The van der Waals surface area contributed by atoms with Gasteiger partial charge in [-0.1, -0.05) is 12.1 Å². The first kappa shape index (κ1) is 14.4. The first-order valence-electron chi connectivity index (χ1n) is 6.81. The van der Waals surface area contributed by atoms with Gasteiger partial charge in [0.05, 0.1) is 19.1 Å². The van der Waals surface area contributed by atoms with Crippen LogP contribution in [0.1, 0.15) is 31.4 Å². The number of benzene rings is 1. The zero-order chi connectivity index (χ0) is 14.5. The summed E-state index contributed by atoms with van der Waals surface area (Å²) in [6.07, 6.45) is 1.04. The van der Waals surface area contributed by atoms with Crippen molar-refractivity contribution >= 4 is 11.8 Å². The zero-order valence-electron chi connectivity index (χ0n) is 11.8. The molecule has 2 atom stereocenters. The number of carbonyl (C=O) groups excluding carboxylic acids is 2. The SMILES string of the molecule is COc1cccc(C(C)NC(=O)C2CCC(=O)NC2)c1. The van der Waals surface area contributed by atoms with Crippen LogP contribution in [0, 0.1) is 5.92 Å². The molecule has 1 aliphatic rings. The van der Waals surface area contributed by atoms with Crippen molar-refractivity contribution < 1.29 is 14.3 Å². The lowest BCUT2D eigenvalue weighted by atomic mass is 9.97. The van der Waals surface area contributed by atoms with Crippen LogP contribution < -0.4 is 15.4 Å². The standard InChI is InChI=1S/C15H20N2O3/c1-10(11-4-3-5-13(8-11)20-2)17-15(19)12-6-7-14(18)16-9-12/h3-5,8,10,12H,6-7,9H2,1-2H3,(H,16,18)(H,17,19). The summed E-state index contributed by atoms with van der Waals surface area (Å²) < 4.78 is 5.18. The van der Waals surface area contributed by atoms with Crippen LogP contribution in [0.2, 0.25) is 0 Å². The maximum atomic E-state index is 12.1. The number of rotatable bonds is 4. The molecule has 2 rings (SSSR count). The van der Waals surface area contributed by atoms with Crippen molar-refractivity contribution in [1.29, 1.82) is 0 Å². The Morgan fingerprint density at radius 1 is 1.50 bits per heavy atom. The molecular weight excluding hydrogens is 256 g/mol. The van der Waals surface area contributed by atoms with Crippen LogP contribution in [-0.2, 0) is 9.59 Å². The van der Waals surface area contributed by atoms with Crippen molar-refractivity contribution in [3.63, 3.8) is 0 Å². The molecule has 1 saturated heterocycles. The predicted molar refractivity (Wildman–Crippen MR) is 75.3 cm³/mol. The van der Waals surface area contributed by atoms with E-state index >= 15 is 0 Å². The number of piperidine rings is 1. The predicted octanol–water partition coefficient (Wildman–Crippen LogP) is 1.40. The van der Waals surface area contributed by atoms with Gasteiger partial charge in [-0.3, -0.25) is 9.59 Å². The molecule has 1 heterocycles. The molecule has 2 amide bonds. The summed E-state index contributed by atoms with van der Waals surface area (Å²) in [6, 6.07) is 7.55. The summed E-state index contributed by atoms with van der Waals surface area (Å²) in [7, 11) is 1.62. The van der Waals surface area contributed by atoms with Crippen LogP contribution >= 0.6 is 0 Å². The van der Waals surface area contributed by atoms with E-state index in [1.807, 2.05) is 31.2 Å². The van der Waals surface area contributed by atoms with Crippen LogP contribution in [0.3, 0.4) is 0 Å². The van der Waals surface area contributed by atoms with Crippen molar-refractivity contribution in [3.05, 3.63) is 29.8 Å². The molecule has 1 aliphatic heterocycles. The minimum Gasteiger partial charge on any atom is -0.497 e. The number of amides is 2. The van der Waals surface area contributed by atoms with Gasteiger partial charge in [0.15, 0.2) is 0 Å². The van der Waals surface area contributed by atoms with Crippen LogP contribution in [-0.4, -0.2) is 25.5 Å². The van der Waals surface area contributed by atoms with Gasteiger partial charge in [0, 0.05) is 13.0 Å². The fourth-order valence-electron chi connectivity index (χ4n) is 2.28. The zero-order valence-corrected chi connectivity index (χ0v) is 11.8. The van der Waals surface area contributed by atoms with Gasteiger partial charge in [-0.15, -0.1) is 0 Å². The Morgan fingerprint density at radius 3 is 2.95 bits per heavy atom. The van der Waals surface area contributed by atoms with Crippen LogP contribution in [0.5, 0.6) is 5.75 Å². The number of hydrogen-bond donors (Lipinski definition) is 2. The molecule has 0 bridgehead atoms. The quantitative estimate of drug-likeness (QED) is 0.873. The Kier molecular flexibility index (Phi) is 4.61. The van der Waals surface area contributed by atoms with E-state index in [9.17, 15) is 9.59 Å². The summed E-state index contributed by atoms with van der Waals surface area (Å²) in [5.74, 6) is 0.643. The first-order valence-corrected chi connectivity index (χ1v) is 6.81. The number of carbonyl (C=O) groups is 2. The van der Waals surface area contributed by atoms with Gasteiger partial charge >= 0.3 is 0 Å². The molecule has 1 fully saturated rings. The van der Waals surface area contributed by atoms with E-state index in [1.54, 1.807) is 7.11 Å². The smallest absolute Gasteiger partial charge is 0.225 e. The normalized spacial score (nSPS) is 19.9. The van der Waals surface area contributed by atoms with Crippen molar-refractivity contribution in [2.75, 3.05) is 13.7 Å². The van der Waals surface area contributed by atoms with Gasteiger partial charge in [0.2, 0.25) is 11.8 Å². The van der Waals surface area contributed by atoms with E-state index in [4.69, 9.17) is 4.74 Å². The Hall–Kier alpha value is -2.04. The van der Waals surface area contributed by atoms with E-state index in [1.165, 1.54) is 0 Å². The Labute approximate surface area is 118 Å². The summed E-state index contributed by atoms with van der Waals surface area (Å²) in [4.78, 5) is 23.2. The van der Waals surface area contributed by atoms with Gasteiger partial charge in [-0.25, -0.2) is 0 Å². The van der Waals surface area contributed by atoms with Crippen LogP contribution in [0.25, 0.3) is 0 Å². The molecule has 2 N–H and O–H groups in total. The molecule has 1 aromatic carbocycles. The molecule has 0 aromatic heterocycles. The fraction of sp³-hybridized carbons (Fsp3) is 0.467. The molecule has 1 aromatic rings. The second-order valence-corrected chi connectivity index (χ2v) is 5.05. The highest BCUT2D eigenvalue weighted by Crippen LogP contribution is 2.20. The average molecular weight is 276 g/mol. The van der Waals surface area contributed by atoms with E-state index in [0.29, 0.717) is 19.4 Å². The maximum Gasteiger partial charge on any atom is 0.225 e.